The lowest BCUT2D eigenvalue weighted by atomic mass is 9.84. The molecule has 5 heteroatoms. The van der Waals surface area contributed by atoms with E-state index in [4.69, 9.17) is 9.15 Å². The molecular formula is C18H26N2O3. The molecule has 0 radical (unpaired) electrons. The van der Waals surface area contributed by atoms with Crippen LogP contribution >= 0.6 is 0 Å². The lowest BCUT2D eigenvalue weighted by Gasteiger charge is -2.35. The second-order valence-electron chi connectivity index (χ2n) is 7.35. The van der Waals surface area contributed by atoms with Gasteiger partial charge in [-0.15, -0.1) is 0 Å². The van der Waals surface area contributed by atoms with Gasteiger partial charge in [-0.2, -0.15) is 0 Å². The smallest absolute Gasteiger partial charge is 0.223 e. The van der Waals surface area contributed by atoms with Crippen molar-refractivity contribution >= 4 is 5.91 Å². The van der Waals surface area contributed by atoms with Gasteiger partial charge in [0.2, 0.25) is 5.91 Å². The van der Waals surface area contributed by atoms with Crippen LogP contribution in [0.5, 0.6) is 0 Å². The van der Waals surface area contributed by atoms with Crippen LogP contribution in [0, 0.1) is 24.7 Å². The number of likely N-dealkylation sites (tertiary alicyclic amines) is 1. The van der Waals surface area contributed by atoms with Gasteiger partial charge in [0.05, 0.1) is 19.3 Å². The third kappa shape index (κ3) is 3.45. The number of nitrogens with zero attached hydrogens (tertiary/aromatic N) is 1. The Hall–Kier alpha value is -1.33. The van der Waals surface area contributed by atoms with E-state index < -0.39 is 0 Å². The molecule has 5 nitrogen and oxygen atoms in total. The van der Waals surface area contributed by atoms with Crippen molar-refractivity contribution in [3.63, 3.8) is 0 Å². The van der Waals surface area contributed by atoms with Crippen molar-refractivity contribution in [2.75, 3.05) is 26.2 Å². The number of carbonyl (C=O) groups is 1. The quantitative estimate of drug-likeness (QED) is 0.901. The Labute approximate surface area is 137 Å². The molecule has 1 aliphatic carbocycles. The van der Waals surface area contributed by atoms with E-state index in [-0.39, 0.29) is 17.9 Å². The number of fused-ring (bicyclic) bond motifs is 1. The summed E-state index contributed by atoms with van der Waals surface area (Å²) < 4.78 is 11.7. The van der Waals surface area contributed by atoms with E-state index in [9.17, 15) is 4.79 Å². The van der Waals surface area contributed by atoms with Gasteiger partial charge in [0.25, 0.3) is 0 Å². The number of ether oxygens (including phenoxy) is 1. The van der Waals surface area contributed by atoms with Gasteiger partial charge in [0.1, 0.15) is 11.5 Å². The summed E-state index contributed by atoms with van der Waals surface area (Å²) in [6.45, 7) is 6.53. The first kappa shape index (κ1) is 15.2. The van der Waals surface area contributed by atoms with Crippen LogP contribution in [0.25, 0.3) is 0 Å². The van der Waals surface area contributed by atoms with Crippen LogP contribution in [-0.4, -0.2) is 43.2 Å². The molecule has 23 heavy (non-hydrogen) atoms. The summed E-state index contributed by atoms with van der Waals surface area (Å²) in [6, 6.07) is 4.10. The highest BCUT2D eigenvalue weighted by Crippen LogP contribution is 2.35. The molecule has 1 amide bonds. The van der Waals surface area contributed by atoms with Crippen molar-refractivity contribution in [2.45, 2.75) is 38.8 Å². The predicted molar refractivity (Wildman–Crippen MR) is 85.8 cm³/mol. The SMILES string of the molecule is Cc1ccc(CN2CC[C@H]3[C@H](CO[C@H]3CNC(=O)C3CC3)C2)o1. The van der Waals surface area contributed by atoms with E-state index in [1.54, 1.807) is 0 Å². The van der Waals surface area contributed by atoms with E-state index >= 15 is 0 Å². The van der Waals surface area contributed by atoms with Gasteiger partial charge in [-0.05, 0) is 50.8 Å². The molecule has 1 saturated carbocycles. The molecule has 1 aromatic rings. The zero-order chi connectivity index (χ0) is 15.8. The third-order valence-electron chi connectivity index (χ3n) is 5.48. The zero-order valence-electron chi connectivity index (χ0n) is 13.8. The Morgan fingerprint density at radius 2 is 2.22 bits per heavy atom. The van der Waals surface area contributed by atoms with Crippen molar-refractivity contribution < 1.29 is 13.9 Å². The molecule has 1 aromatic heterocycles. The average molecular weight is 318 g/mol. The Kier molecular flexibility index (Phi) is 4.16. The molecule has 0 spiro atoms. The number of furan rings is 1. The standard InChI is InChI=1S/C18H26N2O3/c1-12-2-5-15(23-12)10-20-7-6-16-14(9-20)11-22-17(16)8-19-18(21)13-3-4-13/h2,5,13-14,16-17H,3-4,6-11H2,1H3,(H,19,21)/t14-,16-,17-/m0/s1. The van der Waals surface area contributed by atoms with Crippen LogP contribution in [0.2, 0.25) is 0 Å². The number of carbonyl (C=O) groups excluding carboxylic acids is 1. The van der Waals surface area contributed by atoms with Gasteiger partial charge < -0.3 is 14.5 Å². The Morgan fingerprint density at radius 1 is 1.35 bits per heavy atom. The summed E-state index contributed by atoms with van der Waals surface area (Å²) >= 11 is 0. The average Bonchev–Trinajstić information content (AvgIpc) is 3.21. The molecular weight excluding hydrogens is 292 g/mol. The lowest BCUT2D eigenvalue weighted by molar-refractivity contribution is -0.122. The second kappa shape index (κ2) is 6.29. The van der Waals surface area contributed by atoms with Crippen LogP contribution < -0.4 is 5.32 Å². The molecule has 3 aliphatic rings. The first-order valence-corrected chi connectivity index (χ1v) is 8.86. The van der Waals surface area contributed by atoms with Crippen molar-refractivity contribution in [3.8, 4) is 0 Å². The maximum atomic E-state index is 11.8. The maximum Gasteiger partial charge on any atom is 0.223 e. The molecule has 3 heterocycles. The van der Waals surface area contributed by atoms with Crippen molar-refractivity contribution in [1.29, 1.82) is 0 Å². The highest BCUT2D eigenvalue weighted by molar-refractivity contribution is 5.80. The summed E-state index contributed by atoms with van der Waals surface area (Å²) in [5.41, 5.74) is 0. The summed E-state index contributed by atoms with van der Waals surface area (Å²) in [7, 11) is 0. The summed E-state index contributed by atoms with van der Waals surface area (Å²) in [4.78, 5) is 14.3. The molecule has 1 N–H and O–H groups in total. The molecule has 3 atom stereocenters. The van der Waals surface area contributed by atoms with E-state index in [0.29, 0.717) is 18.4 Å². The molecule has 4 rings (SSSR count). The van der Waals surface area contributed by atoms with Crippen molar-refractivity contribution in [3.05, 3.63) is 23.7 Å². The number of hydrogen-bond acceptors (Lipinski definition) is 4. The van der Waals surface area contributed by atoms with Gasteiger partial charge in [-0.25, -0.2) is 0 Å². The number of amides is 1. The monoisotopic (exact) mass is 318 g/mol. The lowest BCUT2D eigenvalue weighted by Crippen LogP contribution is -2.43. The largest absolute Gasteiger partial charge is 0.465 e. The van der Waals surface area contributed by atoms with Gasteiger partial charge in [-0.3, -0.25) is 9.69 Å². The van der Waals surface area contributed by atoms with E-state index in [0.717, 1.165) is 57.0 Å². The predicted octanol–water partition coefficient (Wildman–Crippen LogP) is 1.95. The molecule has 0 aromatic carbocycles. The van der Waals surface area contributed by atoms with Crippen LogP contribution in [0.3, 0.4) is 0 Å². The molecule has 2 aliphatic heterocycles. The van der Waals surface area contributed by atoms with Crippen LogP contribution in [0.1, 0.15) is 30.8 Å². The number of nitrogens with one attached hydrogen (secondary N) is 1. The maximum absolute atomic E-state index is 11.8. The van der Waals surface area contributed by atoms with Crippen LogP contribution in [-0.2, 0) is 16.1 Å². The van der Waals surface area contributed by atoms with Crippen LogP contribution in [0.4, 0.5) is 0 Å². The summed E-state index contributed by atoms with van der Waals surface area (Å²) in [6.07, 6.45) is 3.47. The fraction of sp³-hybridized carbons (Fsp3) is 0.722. The number of hydrogen-bond donors (Lipinski definition) is 1. The van der Waals surface area contributed by atoms with Gasteiger partial charge >= 0.3 is 0 Å². The van der Waals surface area contributed by atoms with Gasteiger partial charge in [-0.1, -0.05) is 0 Å². The zero-order valence-corrected chi connectivity index (χ0v) is 13.8. The summed E-state index contributed by atoms with van der Waals surface area (Å²) in [5.74, 6) is 3.71. The van der Waals surface area contributed by atoms with Gasteiger partial charge in [0.15, 0.2) is 0 Å². The third-order valence-corrected chi connectivity index (χ3v) is 5.48. The number of aryl methyl sites for hydroxylation is 1. The molecule has 3 fully saturated rings. The first-order chi connectivity index (χ1) is 11.2. The minimum atomic E-state index is 0.204. The van der Waals surface area contributed by atoms with E-state index in [2.05, 4.69) is 16.3 Å². The Balaban J connectivity index is 1.27. The highest BCUT2D eigenvalue weighted by Gasteiger charge is 2.41. The van der Waals surface area contributed by atoms with Gasteiger partial charge in [0, 0.05) is 24.9 Å². The van der Waals surface area contributed by atoms with Crippen molar-refractivity contribution in [2.24, 2.45) is 17.8 Å². The second-order valence-corrected chi connectivity index (χ2v) is 7.35. The number of piperidine rings is 1. The highest BCUT2D eigenvalue weighted by atomic mass is 16.5. The molecule has 126 valence electrons. The molecule has 2 saturated heterocycles. The Morgan fingerprint density at radius 3 is 2.96 bits per heavy atom. The molecule has 0 unspecified atom stereocenters. The van der Waals surface area contributed by atoms with Crippen LogP contribution in [0.15, 0.2) is 16.5 Å². The summed E-state index contributed by atoms with van der Waals surface area (Å²) in [5, 5.41) is 3.08. The topological polar surface area (TPSA) is 54.7 Å². The normalized spacial score (nSPS) is 31.1. The Bertz CT molecular complexity index is 566. The fourth-order valence-electron chi connectivity index (χ4n) is 4.00. The van der Waals surface area contributed by atoms with E-state index in [1.165, 1.54) is 0 Å². The minimum Gasteiger partial charge on any atom is -0.465 e. The minimum absolute atomic E-state index is 0.204. The van der Waals surface area contributed by atoms with E-state index in [1.807, 2.05) is 13.0 Å². The number of rotatable bonds is 5. The first-order valence-electron chi connectivity index (χ1n) is 8.86. The van der Waals surface area contributed by atoms with Crippen molar-refractivity contribution in [1.82, 2.24) is 10.2 Å². The molecule has 0 bridgehead atoms. The fourth-order valence-corrected chi connectivity index (χ4v) is 4.00.